The predicted octanol–water partition coefficient (Wildman–Crippen LogP) is 1.71. The SMILES string of the molecule is CCc1cnc(CCNC(=NC)NCc2cccnc2N2CCC(C(N)=O)CC2)s1. The third-order valence-corrected chi connectivity index (χ3v) is 6.52. The molecular weight excluding hydrogens is 398 g/mol. The van der Waals surface area contributed by atoms with Crippen molar-refractivity contribution in [2.24, 2.45) is 16.6 Å². The molecule has 0 saturated carbocycles. The van der Waals surface area contributed by atoms with Gasteiger partial charge in [0.15, 0.2) is 5.96 Å². The molecule has 2 aromatic rings. The molecule has 162 valence electrons. The number of guanidine groups is 1. The van der Waals surface area contributed by atoms with E-state index in [1.165, 1.54) is 4.88 Å². The van der Waals surface area contributed by atoms with Gasteiger partial charge in [0.05, 0.1) is 5.01 Å². The summed E-state index contributed by atoms with van der Waals surface area (Å²) in [5, 5.41) is 7.87. The number of anilines is 1. The minimum absolute atomic E-state index is 0.0270. The average Bonchev–Trinajstić information content (AvgIpc) is 3.24. The van der Waals surface area contributed by atoms with Crippen molar-refractivity contribution in [2.45, 2.75) is 39.2 Å². The Labute approximate surface area is 182 Å². The number of aromatic nitrogens is 2. The van der Waals surface area contributed by atoms with Gasteiger partial charge in [-0.3, -0.25) is 9.79 Å². The molecule has 0 bridgehead atoms. The van der Waals surface area contributed by atoms with Crippen LogP contribution in [-0.2, 0) is 24.2 Å². The van der Waals surface area contributed by atoms with Crippen LogP contribution in [0.5, 0.6) is 0 Å². The Morgan fingerprint density at radius 2 is 2.13 bits per heavy atom. The van der Waals surface area contributed by atoms with Crippen molar-refractivity contribution in [3.63, 3.8) is 0 Å². The minimum Gasteiger partial charge on any atom is -0.369 e. The van der Waals surface area contributed by atoms with Crippen LogP contribution in [0.25, 0.3) is 0 Å². The summed E-state index contributed by atoms with van der Waals surface area (Å²) in [6.07, 6.45) is 7.23. The third kappa shape index (κ3) is 5.91. The number of nitrogens with two attached hydrogens (primary N) is 1. The average molecular weight is 430 g/mol. The zero-order chi connectivity index (χ0) is 21.3. The monoisotopic (exact) mass is 429 g/mol. The van der Waals surface area contributed by atoms with Crippen molar-refractivity contribution >= 4 is 29.0 Å². The van der Waals surface area contributed by atoms with E-state index in [4.69, 9.17) is 5.73 Å². The topological polar surface area (TPSA) is 109 Å². The van der Waals surface area contributed by atoms with Crippen molar-refractivity contribution in [1.82, 2.24) is 20.6 Å². The molecule has 0 unspecified atom stereocenters. The smallest absolute Gasteiger partial charge is 0.220 e. The molecule has 9 heteroatoms. The van der Waals surface area contributed by atoms with E-state index in [1.54, 1.807) is 18.4 Å². The molecule has 3 heterocycles. The molecular formula is C21H31N7OS. The number of carbonyl (C=O) groups is 1. The van der Waals surface area contributed by atoms with E-state index in [2.05, 4.69) is 43.5 Å². The molecule has 0 atom stereocenters. The normalized spacial score (nSPS) is 15.3. The van der Waals surface area contributed by atoms with Gasteiger partial charge < -0.3 is 21.3 Å². The number of nitrogens with one attached hydrogen (secondary N) is 2. The summed E-state index contributed by atoms with van der Waals surface area (Å²) in [4.78, 5) is 28.3. The molecule has 0 aromatic carbocycles. The van der Waals surface area contributed by atoms with Crippen molar-refractivity contribution < 1.29 is 4.79 Å². The van der Waals surface area contributed by atoms with Gasteiger partial charge in [0.25, 0.3) is 0 Å². The molecule has 1 saturated heterocycles. The van der Waals surface area contributed by atoms with Crippen LogP contribution in [0.4, 0.5) is 5.82 Å². The van der Waals surface area contributed by atoms with E-state index < -0.39 is 0 Å². The summed E-state index contributed by atoms with van der Waals surface area (Å²) in [6.45, 7) is 5.12. The Balaban J connectivity index is 1.51. The van der Waals surface area contributed by atoms with E-state index in [0.717, 1.165) is 67.7 Å². The molecule has 0 radical (unpaired) electrons. The first-order valence-electron chi connectivity index (χ1n) is 10.5. The Bertz CT molecular complexity index is 859. The highest BCUT2D eigenvalue weighted by Crippen LogP contribution is 2.24. The lowest BCUT2D eigenvalue weighted by Gasteiger charge is -2.32. The van der Waals surface area contributed by atoms with E-state index in [-0.39, 0.29) is 11.8 Å². The number of thiazole rings is 1. The summed E-state index contributed by atoms with van der Waals surface area (Å²) in [7, 11) is 1.77. The summed E-state index contributed by atoms with van der Waals surface area (Å²) >= 11 is 1.77. The quantitative estimate of drug-likeness (QED) is 0.435. The second-order valence-electron chi connectivity index (χ2n) is 7.33. The maximum absolute atomic E-state index is 11.4. The molecule has 3 rings (SSSR count). The molecule has 8 nitrogen and oxygen atoms in total. The minimum atomic E-state index is -0.198. The molecule has 1 fully saturated rings. The maximum atomic E-state index is 11.4. The molecule has 0 aliphatic carbocycles. The van der Waals surface area contributed by atoms with Crippen molar-refractivity contribution in [2.75, 3.05) is 31.6 Å². The number of aryl methyl sites for hydroxylation is 1. The fourth-order valence-corrected chi connectivity index (χ4v) is 4.41. The van der Waals surface area contributed by atoms with Gasteiger partial charge in [0.1, 0.15) is 5.82 Å². The second kappa shape index (κ2) is 10.9. The van der Waals surface area contributed by atoms with E-state index in [9.17, 15) is 4.79 Å². The number of nitrogens with zero attached hydrogens (tertiary/aromatic N) is 4. The second-order valence-corrected chi connectivity index (χ2v) is 8.53. The number of pyridine rings is 1. The van der Waals surface area contributed by atoms with Crippen LogP contribution < -0.4 is 21.3 Å². The highest BCUT2D eigenvalue weighted by atomic mass is 32.1. The standard InChI is InChI=1S/C21H31N7OS/c1-3-17-14-26-18(30-17)6-10-25-21(23-2)27-13-16-5-4-9-24-20(16)28-11-7-15(8-12-28)19(22)29/h4-5,9,14-15H,3,6-8,10-13H2,1-2H3,(H2,22,29)(H2,23,25,27). The van der Waals surface area contributed by atoms with Gasteiger partial charge in [-0.1, -0.05) is 13.0 Å². The highest BCUT2D eigenvalue weighted by Gasteiger charge is 2.24. The number of amides is 1. The lowest BCUT2D eigenvalue weighted by Crippen LogP contribution is -2.40. The van der Waals surface area contributed by atoms with Gasteiger partial charge >= 0.3 is 0 Å². The van der Waals surface area contributed by atoms with Crippen LogP contribution in [0, 0.1) is 5.92 Å². The first-order chi connectivity index (χ1) is 14.6. The lowest BCUT2D eigenvalue weighted by molar-refractivity contribution is -0.122. The van der Waals surface area contributed by atoms with Gasteiger partial charge in [-0.15, -0.1) is 11.3 Å². The van der Waals surface area contributed by atoms with Crippen LogP contribution in [0.15, 0.2) is 29.5 Å². The summed E-state index contributed by atoms with van der Waals surface area (Å²) < 4.78 is 0. The molecule has 30 heavy (non-hydrogen) atoms. The summed E-state index contributed by atoms with van der Waals surface area (Å²) in [5.74, 6) is 1.49. The van der Waals surface area contributed by atoms with E-state index in [0.29, 0.717) is 6.54 Å². The van der Waals surface area contributed by atoms with Crippen LogP contribution in [0.1, 0.15) is 35.2 Å². The Morgan fingerprint density at radius 3 is 2.80 bits per heavy atom. The fraction of sp³-hybridized carbons (Fsp3) is 0.524. The summed E-state index contributed by atoms with van der Waals surface area (Å²) in [5.41, 5.74) is 6.56. The highest BCUT2D eigenvalue weighted by molar-refractivity contribution is 7.11. The van der Waals surface area contributed by atoms with Gasteiger partial charge in [0.2, 0.25) is 5.91 Å². The molecule has 1 amide bonds. The number of rotatable bonds is 8. The van der Waals surface area contributed by atoms with Gasteiger partial charge in [0, 0.05) is 68.4 Å². The van der Waals surface area contributed by atoms with E-state index >= 15 is 0 Å². The summed E-state index contributed by atoms with van der Waals surface area (Å²) in [6, 6.07) is 4.02. The van der Waals surface area contributed by atoms with Crippen LogP contribution in [0.2, 0.25) is 0 Å². The Morgan fingerprint density at radius 1 is 1.33 bits per heavy atom. The first-order valence-corrected chi connectivity index (χ1v) is 11.3. The lowest BCUT2D eigenvalue weighted by atomic mass is 9.96. The number of carbonyl (C=O) groups excluding carboxylic acids is 1. The maximum Gasteiger partial charge on any atom is 0.220 e. The number of aliphatic imine (C=N–C) groups is 1. The fourth-order valence-electron chi connectivity index (χ4n) is 3.54. The molecule has 0 spiro atoms. The molecule has 1 aliphatic rings. The number of piperidine rings is 1. The number of primary amides is 1. The molecule has 1 aliphatic heterocycles. The van der Waals surface area contributed by atoms with Gasteiger partial charge in [-0.25, -0.2) is 9.97 Å². The Kier molecular flexibility index (Phi) is 8.01. The zero-order valence-corrected chi connectivity index (χ0v) is 18.5. The molecule has 4 N–H and O–H groups in total. The van der Waals surface area contributed by atoms with Crippen LogP contribution in [-0.4, -0.2) is 48.5 Å². The third-order valence-electron chi connectivity index (χ3n) is 5.32. The van der Waals surface area contributed by atoms with Crippen molar-refractivity contribution in [3.05, 3.63) is 40.0 Å². The number of hydrogen-bond donors (Lipinski definition) is 3. The van der Waals surface area contributed by atoms with Crippen LogP contribution >= 0.6 is 11.3 Å². The van der Waals surface area contributed by atoms with E-state index in [1.807, 2.05) is 18.5 Å². The van der Waals surface area contributed by atoms with Gasteiger partial charge in [-0.2, -0.15) is 0 Å². The number of hydrogen-bond acceptors (Lipinski definition) is 6. The largest absolute Gasteiger partial charge is 0.369 e. The zero-order valence-electron chi connectivity index (χ0n) is 17.7. The van der Waals surface area contributed by atoms with Crippen molar-refractivity contribution in [3.8, 4) is 0 Å². The molecule has 2 aromatic heterocycles. The van der Waals surface area contributed by atoms with Crippen molar-refractivity contribution in [1.29, 1.82) is 0 Å². The first kappa shape index (κ1) is 22.0. The Hall–Kier alpha value is -2.68. The predicted molar refractivity (Wildman–Crippen MR) is 122 cm³/mol. The van der Waals surface area contributed by atoms with Crippen LogP contribution in [0.3, 0.4) is 0 Å². The van der Waals surface area contributed by atoms with Gasteiger partial charge in [-0.05, 0) is 25.3 Å².